The van der Waals surface area contributed by atoms with Crippen LogP contribution in [0.15, 0.2) is 12.2 Å². The van der Waals surface area contributed by atoms with Crippen molar-refractivity contribution in [2.45, 2.75) is 49.6 Å². The van der Waals surface area contributed by atoms with Gasteiger partial charge in [0, 0.05) is 6.42 Å². The van der Waals surface area contributed by atoms with E-state index in [0.29, 0.717) is 0 Å². The van der Waals surface area contributed by atoms with Crippen LogP contribution in [-0.4, -0.2) is 67.4 Å². The minimum atomic E-state index is -6.81. The van der Waals surface area contributed by atoms with Crippen LogP contribution in [0, 0.1) is 5.92 Å². The molecule has 0 aliphatic heterocycles. The Kier molecular flexibility index (Phi) is 9.58. The van der Waals surface area contributed by atoms with Crippen molar-refractivity contribution in [2.24, 2.45) is 5.92 Å². The largest absolute Gasteiger partial charge is 0.468 e. The van der Waals surface area contributed by atoms with Gasteiger partial charge in [0.1, 0.15) is 5.57 Å². The average Bonchev–Trinajstić information content (AvgIpc) is 2.61. The van der Waals surface area contributed by atoms with Crippen LogP contribution in [0.5, 0.6) is 0 Å². The maximum atomic E-state index is 13.6. The molecule has 0 aromatic carbocycles. The van der Waals surface area contributed by atoms with Gasteiger partial charge in [-0.05, 0) is 5.92 Å². The molecule has 34 heavy (non-hydrogen) atoms. The molecule has 0 radical (unpaired) electrons. The zero-order valence-electron chi connectivity index (χ0n) is 16.9. The smallest absolute Gasteiger partial charge is 0.460 e. The summed E-state index contributed by atoms with van der Waals surface area (Å²) in [6.07, 6.45) is -14.7. The third-order valence-electron chi connectivity index (χ3n) is 3.49. The molecule has 1 atom stereocenters. The molecule has 19 heteroatoms. The molecule has 8 nitrogen and oxygen atoms in total. The Morgan fingerprint density at radius 3 is 1.79 bits per heavy atom. The lowest BCUT2D eigenvalue weighted by molar-refractivity contribution is -0.357. The third kappa shape index (κ3) is 7.17. The van der Waals surface area contributed by atoms with E-state index in [1.165, 1.54) is 13.8 Å². The summed E-state index contributed by atoms with van der Waals surface area (Å²) >= 11 is 0. The number of alkyl halides is 10. The second kappa shape index (κ2) is 10.2. The Labute approximate surface area is 184 Å². The summed E-state index contributed by atoms with van der Waals surface area (Å²) in [4.78, 5) is 23.5. The van der Waals surface area contributed by atoms with E-state index in [4.69, 9.17) is 4.55 Å². The van der Waals surface area contributed by atoms with E-state index in [1.807, 2.05) is 0 Å². The van der Waals surface area contributed by atoms with Gasteiger partial charge in [-0.25, -0.2) is 9.59 Å². The minimum absolute atomic E-state index is 0.728. The molecular weight excluding hydrogens is 530 g/mol. The Morgan fingerprint density at radius 1 is 0.971 bits per heavy atom. The van der Waals surface area contributed by atoms with Gasteiger partial charge in [-0.15, -0.1) is 0 Å². The first-order valence-electron chi connectivity index (χ1n) is 8.43. The lowest BCUT2D eigenvalue weighted by Crippen LogP contribution is -2.59. The van der Waals surface area contributed by atoms with Crippen molar-refractivity contribution in [3.63, 3.8) is 0 Å². The molecule has 0 rings (SSSR count). The Morgan fingerprint density at radius 2 is 1.44 bits per heavy atom. The van der Waals surface area contributed by atoms with Gasteiger partial charge < -0.3 is 14.2 Å². The van der Waals surface area contributed by atoms with E-state index < -0.39 is 82.5 Å². The molecule has 0 saturated carbocycles. The van der Waals surface area contributed by atoms with Gasteiger partial charge in [0.05, 0.1) is 13.2 Å². The second-order valence-electron chi connectivity index (χ2n) is 6.77. The monoisotopic (exact) mass is 546 g/mol. The van der Waals surface area contributed by atoms with E-state index in [9.17, 15) is 61.9 Å². The number of ether oxygens (including phenoxy) is 3. The molecule has 0 aromatic heterocycles. The van der Waals surface area contributed by atoms with Crippen LogP contribution in [-0.2, 0) is 33.9 Å². The Balaban J connectivity index is 6.26. The van der Waals surface area contributed by atoms with Crippen molar-refractivity contribution in [2.75, 3.05) is 13.2 Å². The minimum Gasteiger partial charge on any atom is -0.460 e. The van der Waals surface area contributed by atoms with Gasteiger partial charge in [0.15, 0.2) is 0 Å². The van der Waals surface area contributed by atoms with Gasteiger partial charge in [-0.3, -0.25) is 4.55 Å². The molecule has 0 fully saturated rings. The van der Waals surface area contributed by atoms with Gasteiger partial charge in [-0.1, -0.05) is 20.4 Å². The Bertz CT molecular complexity index is 879. The van der Waals surface area contributed by atoms with Crippen molar-refractivity contribution < 1.29 is 80.7 Å². The van der Waals surface area contributed by atoms with Crippen LogP contribution in [0.25, 0.3) is 0 Å². The molecule has 0 aliphatic rings. The fourth-order valence-corrected chi connectivity index (χ4v) is 2.17. The second-order valence-corrected chi connectivity index (χ2v) is 8.23. The predicted molar refractivity (Wildman–Crippen MR) is 87.9 cm³/mol. The SMILES string of the molecule is C=C(C(=O)OC(OCCC(F)(F)C(F)(F)S(=O)(=O)O)(C(=O)OCC(C)C)C(F)(F)F)C(F)(F)F. The fourth-order valence-electron chi connectivity index (χ4n) is 1.69. The van der Waals surface area contributed by atoms with Crippen molar-refractivity contribution in [1.29, 1.82) is 0 Å². The summed E-state index contributed by atoms with van der Waals surface area (Å²) in [6.45, 7) is 1.37. The van der Waals surface area contributed by atoms with Crippen LogP contribution in [0.3, 0.4) is 0 Å². The number of halogens is 10. The number of carbonyl (C=O) groups is 2. The first-order valence-corrected chi connectivity index (χ1v) is 9.87. The third-order valence-corrected chi connectivity index (χ3v) is 4.43. The summed E-state index contributed by atoms with van der Waals surface area (Å²) in [5, 5.41) is -6.26. The number of rotatable bonds is 11. The van der Waals surface area contributed by atoms with Gasteiger partial charge in [-0.2, -0.15) is 52.3 Å². The molecule has 0 amide bonds. The van der Waals surface area contributed by atoms with Crippen molar-refractivity contribution in [1.82, 2.24) is 0 Å². The zero-order chi connectivity index (χ0) is 27.6. The standard InChI is InChI=1S/C15H16F10O8S/c1-7(2)6-31-10(27)12(14(21,22)23,33-9(26)8(3)13(18,19)20)32-5-4-11(16,17)15(24,25)34(28,29)30/h7H,3-6H2,1-2H3,(H,28,29,30). The highest BCUT2D eigenvalue weighted by Crippen LogP contribution is 2.43. The van der Waals surface area contributed by atoms with Gasteiger partial charge in [0.25, 0.3) is 0 Å². The molecule has 0 bridgehead atoms. The van der Waals surface area contributed by atoms with E-state index >= 15 is 0 Å². The number of carbonyl (C=O) groups excluding carboxylic acids is 2. The Hall–Kier alpha value is -2.15. The quantitative estimate of drug-likeness (QED) is 0.137. The summed E-state index contributed by atoms with van der Waals surface area (Å²) in [5.41, 5.74) is -2.61. The van der Waals surface area contributed by atoms with E-state index in [1.54, 1.807) is 0 Å². The van der Waals surface area contributed by atoms with E-state index in [-0.39, 0.29) is 0 Å². The summed E-state index contributed by atoms with van der Waals surface area (Å²) in [6, 6.07) is 0. The highest BCUT2D eigenvalue weighted by Gasteiger charge is 2.70. The highest BCUT2D eigenvalue weighted by atomic mass is 32.2. The number of hydrogen-bond acceptors (Lipinski definition) is 7. The lowest BCUT2D eigenvalue weighted by Gasteiger charge is -2.33. The average molecular weight is 546 g/mol. The molecule has 0 aromatic rings. The van der Waals surface area contributed by atoms with Crippen LogP contribution in [0.1, 0.15) is 20.3 Å². The molecule has 200 valence electrons. The van der Waals surface area contributed by atoms with E-state index in [0.717, 1.165) is 0 Å². The molecule has 0 heterocycles. The number of esters is 2. The topological polar surface area (TPSA) is 116 Å². The van der Waals surface area contributed by atoms with Crippen LogP contribution in [0.4, 0.5) is 43.9 Å². The van der Waals surface area contributed by atoms with Crippen molar-refractivity contribution >= 4 is 22.1 Å². The maximum absolute atomic E-state index is 13.6. The summed E-state index contributed by atoms with van der Waals surface area (Å²) in [7, 11) is -6.81. The van der Waals surface area contributed by atoms with E-state index in [2.05, 4.69) is 20.8 Å². The zero-order valence-corrected chi connectivity index (χ0v) is 17.7. The molecule has 1 unspecified atom stereocenters. The maximum Gasteiger partial charge on any atom is 0.468 e. The first-order chi connectivity index (χ1) is 14.8. The van der Waals surface area contributed by atoms with Crippen LogP contribution in [0.2, 0.25) is 0 Å². The number of hydrogen-bond donors (Lipinski definition) is 1. The predicted octanol–water partition coefficient (Wildman–Crippen LogP) is 3.63. The first kappa shape index (κ1) is 31.9. The van der Waals surface area contributed by atoms with Crippen molar-refractivity contribution in [3.05, 3.63) is 12.2 Å². The van der Waals surface area contributed by atoms with Gasteiger partial charge in [0.2, 0.25) is 0 Å². The summed E-state index contributed by atoms with van der Waals surface area (Å²) < 4.78 is 172. The van der Waals surface area contributed by atoms with Crippen LogP contribution >= 0.6 is 0 Å². The fraction of sp³-hybridized carbons (Fsp3) is 0.733. The van der Waals surface area contributed by atoms with Crippen LogP contribution < -0.4 is 0 Å². The molecule has 0 spiro atoms. The molecule has 0 aliphatic carbocycles. The normalized spacial score (nSPS) is 15.6. The highest BCUT2D eigenvalue weighted by molar-refractivity contribution is 7.87. The summed E-state index contributed by atoms with van der Waals surface area (Å²) in [5.74, 6) is -17.5. The molecule has 0 saturated heterocycles. The van der Waals surface area contributed by atoms with Gasteiger partial charge >= 0.3 is 51.4 Å². The lowest BCUT2D eigenvalue weighted by atomic mass is 10.2. The van der Waals surface area contributed by atoms with Crippen molar-refractivity contribution in [3.8, 4) is 0 Å². The molecular formula is C15H16F10O8S. The molecule has 1 N–H and O–H groups in total.